The first-order valence-corrected chi connectivity index (χ1v) is 9.49. The molecule has 1 saturated heterocycles. The Bertz CT molecular complexity index is 666. The molecule has 6 nitrogen and oxygen atoms in total. The Morgan fingerprint density at radius 1 is 1.26 bits per heavy atom. The molecule has 0 aliphatic carbocycles. The van der Waals surface area contributed by atoms with Gasteiger partial charge in [0.25, 0.3) is 0 Å². The summed E-state index contributed by atoms with van der Waals surface area (Å²) in [6, 6.07) is 6.47. The molecule has 1 aliphatic heterocycles. The van der Waals surface area contributed by atoms with Gasteiger partial charge in [0.15, 0.2) is 9.84 Å². The molecule has 1 aromatic carbocycles. The summed E-state index contributed by atoms with van der Waals surface area (Å²) in [6.45, 7) is 2.05. The van der Waals surface area contributed by atoms with Gasteiger partial charge in [0.05, 0.1) is 23.7 Å². The molecule has 126 valence electrons. The number of nitrogens with one attached hydrogen (secondary N) is 1. The summed E-state index contributed by atoms with van der Waals surface area (Å²) in [4.78, 5) is 23.4. The van der Waals surface area contributed by atoms with Crippen LogP contribution in [0.4, 0.5) is 5.69 Å². The van der Waals surface area contributed by atoms with Crippen LogP contribution in [0.2, 0.25) is 0 Å². The summed E-state index contributed by atoms with van der Waals surface area (Å²) in [7, 11) is -2.90. The zero-order valence-electron chi connectivity index (χ0n) is 13.1. The first-order chi connectivity index (χ1) is 10.9. The Morgan fingerprint density at radius 2 is 1.96 bits per heavy atom. The van der Waals surface area contributed by atoms with Crippen molar-refractivity contribution in [3.05, 3.63) is 29.8 Å². The van der Waals surface area contributed by atoms with Gasteiger partial charge in [-0.1, -0.05) is 0 Å². The molecule has 1 fully saturated rings. The van der Waals surface area contributed by atoms with Crippen LogP contribution in [0.1, 0.15) is 36.5 Å². The predicted octanol–water partition coefficient (Wildman–Crippen LogP) is 2.02. The Kier molecular flexibility index (Phi) is 5.76. The Morgan fingerprint density at radius 3 is 2.52 bits per heavy atom. The maximum atomic E-state index is 11.9. The molecule has 1 heterocycles. The van der Waals surface area contributed by atoms with Crippen LogP contribution in [0.25, 0.3) is 0 Å². The van der Waals surface area contributed by atoms with E-state index in [1.165, 1.54) is 0 Å². The van der Waals surface area contributed by atoms with E-state index in [9.17, 15) is 18.0 Å². The van der Waals surface area contributed by atoms with Gasteiger partial charge < -0.3 is 10.1 Å². The number of hydrogen-bond acceptors (Lipinski definition) is 5. The minimum Gasteiger partial charge on any atom is -0.462 e. The lowest BCUT2D eigenvalue weighted by Crippen LogP contribution is -2.14. The minimum atomic E-state index is -2.90. The van der Waals surface area contributed by atoms with Crippen LogP contribution in [-0.2, 0) is 19.4 Å². The quantitative estimate of drug-likeness (QED) is 0.801. The number of hydrogen-bond donors (Lipinski definition) is 1. The zero-order chi connectivity index (χ0) is 16.9. The van der Waals surface area contributed by atoms with Crippen molar-refractivity contribution in [1.82, 2.24) is 0 Å². The van der Waals surface area contributed by atoms with E-state index < -0.39 is 15.8 Å². The van der Waals surface area contributed by atoms with E-state index in [1.807, 2.05) is 0 Å². The van der Waals surface area contributed by atoms with Crippen molar-refractivity contribution in [2.75, 3.05) is 23.4 Å². The van der Waals surface area contributed by atoms with Crippen molar-refractivity contribution in [2.45, 2.75) is 26.2 Å². The number of esters is 1. The fraction of sp³-hybridized carbons (Fsp3) is 0.500. The molecule has 1 unspecified atom stereocenters. The highest BCUT2D eigenvalue weighted by atomic mass is 32.2. The molecule has 0 bridgehead atoms. The molecule has 0 aromatic heterocycles. The predicted molar refractivity (Wildman–Crippen MR) is 87.0 cm³/mol. The number of amides is 1. The maximum Gasteiger partial charge on any atom is 0.338 e. The maximum absolute atomic E-state index is 11.9. The average molecular weight is 339 g/mol. The molecule has 7 heteroatoms. The third-order valence-corrected chi connectivity index (χ3v) is 5.62. The number of carbonyl (C=O) groups is 2. The lowest BCUT2D eigenvalue weighted by Gasteiger charge is -2.09. The third-order valence-electron chi connectivity index (χ3n) is 3.79. The molecule has 2 rings (SSSR count). The lowest BCUT2D eigenvalue weighted by atomic mass is 10.0. The van der Waals surface area contributed by atoms with Gasteiger partial charge in [-0.05, 0) is 49.9 Å². The summed E-state index contributed by atoms with van der Waals surface area (Å²) >= 11 is 0. The van der Waals surface area contributed by atoms with E-state index in [0.29, 0.717) is 37.1 Å². The van der Waals surface area contributed by atoms with Crippen LogP contribution in [0.15, 0.2) is 24.3 Å². The van der Waals surface area contributed by atoms with Crippen molar-refractivity contribution < 1.29 is 22.7 Å². The Balaban J connectivity index is 1.80. The highest BCUT2D eigenvalue weighted by Gasteiger charge is 2.27. The SMILES string of the molecule is CCOC(=O)c1ccc(NC(=O)CCC2CCS(=O)(=O)C2)cc1. The van der Waals surface area contributed by atoms with Gasteiger partial charge in [-0.3, -0.25) is 4.79 Å². The van der Waals surface area contributed by atoms with Gasteiger partial charge >= 0.3 is 5.97 Å². The normalized spacial score (nSPS) is 19.3. The van der Waals surface area contributed by atoms with E-state index >= 15 is 0 Å². The number of ether oxygens (including phenoxy) is 1. The number of carbonyl (C=O) groups excluding carboxylic acids is 2. The van der Waals surface area contributed by atoms with Crippen LogP contribution < -0.4 is 5.32 Å². The topological polar surface area (TPSA) is 89.5 Å². The first kappa shape index (κ1) is 17.5. The molecule has 1 N–H and O–H groups in total. The van der Waals surface area contributed by atoms with Gasteiger partial charge in [0, 0.05) is 12.1 Å². The zero-order valence-corrected chi connectivity index (χ0v) is 13.9. The molecule has 0 saturated carbocycles. The van der Waals surface area contributed by atoms with Crippen molar-refractivity contribution in [2.24, 2.45) is 5.92 Å². The second-order valence-electron chi connectivity index (χ2n) is 5.65. The summed E-state index contributed by atoms with van der Waals surface area (Å²) < 4.78 is 27.6. The van der Waals surface area contributed by atoms with Gasteiger partial charge in [0.1, 0.15) is 0 Å². The van der Waals surface area contributed by atoms with Gasteiger partial charge in [0.2, 0.25) is 5.91 Å². The van der Waals surface area contributed by atoms with E-state index in [2.05, 4.69) is 5.32 Å². The monoisotopic (exact) mass is 339 g/mol. The lowest BCUT2D eigenvalue weighted by molar-refractivity contribution is -0.116. The highest BCUT2D eigenvalue weighted by Crippen LogP contribution is 2.23. The average Bonchev–Trinajstić information content (AvgIpc) is 2.85. The molecule has 1 atom stereocenters. The smallest absolute Gasteiger partial charge is 0.338 e. The van der Waals surface area contributed by atoms with Crippen LogP contribution in [0.5, 0.6) is 0 Å². The summed E-state index contributed by atoms with van der Waals surface area (Å²) in [5, 5.41) is 2.74. The van der Waals surface area contributed by atoms with Gasteiger partial charge in [-0.25, -0.2) is 13.2 Å². The van der Waals surface area contributed by atoms with E-state index in [4.69, 9.17) is 4.74 Å². The van der Waals surface area contributed by atoms with E-state index in [-0.39, 0.29) is 23.3 Å². The van der Waals surface area contributed by atoms with Crippen molar-refractivity contribution >= 4 is 27.4 Å². The number of rotatable bonds is 6. The Labute approximate surface area is 136 Å². The van der Waals surface area contributed by atoms with Crippen LogP contribution in [0, 0.1) is 5.92 Å². The van der Waals surface area contributed by atoms with Crippen molar-refractivity contribution in [3.63, 3.8) is 0 Å². The Hall–Kier alpha value is -1.89. The second kappa shape index (κ2) is 7.59. The fourth-order valence-corrected chi connectivity index (χ4v) is 4.47. The van der Waals surface area contributed by atoms with Crippen LogP contribution in [-0.4, -0.2) is 38.4 Å². The third kappa shape index (κ3) is 5.35. The summed E-state index contributed by atoms with van der Waals surface area (Å²) in [5.41, 5.74) is 1.03. The van der Waals surface area contributed by atoms with Crippen molar-refractivity contribution in [3.8, 4) is 0 Å². The standard InChI is InChI=1S/C16H21NO5S/c1-2-22-16(19)13-4-6-14(7-5-13)17-15(18)8-3-12-9-10-23(20,21)11-12/h4-7,12H,2-3,8-11H2,1H3,(H,17,18). The van der Waals surface area contributed by atoms with Gasteiger partial charge in [-0.2, -0.15) is 0 Å². The van der Waals surface area contributed by atoms with E-state index in [0.717, 1.165) is 0 Å². The molecule has 1 aliphatic rings. The molecule has 0 radical (unpaired) electrons. The second-order valence-corrected chi connectivity index (χ2v) is 7.88. The summed E-state index contributed by atoms with van der Waals surface area (Å²) in [5.74, 6) is -0.0497. The number of sulfone groups is 1. The molecule has 0 spiro atoms. The fourth-order valence-electron chi connectivity index (χ4n) is 2.56. The molecule has 23 heavy (non-hydrogen) atoms. The molecule has 1 amide bonds. The van der Waals surface area contributed by atoms with Gasteiger partial charge in [-0.15, -0.1) is 0 Å². The minimum absolute atomic E-state index is 0.0805. The molecular weight excluding hydrogens is 318 g/mol. The summed E-state index contributed by atoms with van der Waals surface area (Å²) in [6.07, 6.45) is 1.51. The highest BCUT2D eigenvalue weighted by molar-refractivity contribution is 7.91. The van der Waals surface area contributed by atoms with Crippen molar-refractivity contribution in [1.29, 1.82) is 0 Å². The number of anilines is 1. The number of benzene rings is 1. The molecular formula is C16H21NO5S. The van der Waals surface area contributed by atoms with E-state index in [1.54, 1.807) is 31.2 Å². The largest absolute Gasteiger partial charge is 0.462 e. The van der Waals surface area contributed by atoms with Crippen LogP contribution >= 0.6 is 0 Å². The van der Waals surface area contributed by atoms with Crippen LogP contribution in [0.3, 0.4) is 0 Å². The first-order valence-electron chi connectivity index (χ1n) is 7.67. The molecule has 1 aromatic rings.